The Balaban J connectivity index is 2.57. The minimum Gasteiger partial charge on any atom is -0.548 e. The first kappa shape index (κ1) is 18.9. The third kappa shape index (κ3) is 6.66. The van der Waals surface area contributed by atoms with Crippen molar-refractivity contribution in [3.63, 3.8) is 0 Å². The molecule has 1 atom stereocenters. The van der Waals surface area contributed by atoms with Gasteiger partial charge in [-0.2, -0.15) is 0 Å². The molecule has 0 aromatic heterocycles. The predicted molar refractivity (Wildman–Crippen MR) is 81.4 cm³/mol. The van der Waals surface area contributed by atoms with Crippen LogP contribution in [0.3, 0.4) is 0 Å². The number of nitrogens with one attached hydrogen (secondary N) is 2. The minimum absolute atomic E-state index is 0.0281. The van der Waals surface area contributed by atoms with E-state index in [2.05, 4.69) is 10.6 Å². The van der Waals surface area contributed by atoms with Crippen molar-refractivity contribution in [1.82, 2.24) is 10.6 Å². The average Bonchev–Trinajstić information content (AvgIpc) is 2.43. The smallest absolute Gasteiger partial charge is 0.315 e. The van der Waals surface area contributed by atoms with Crippen molar-refractivity contribution in [3.05, 3.63) is 29.8 Å². The van der Waals surface area contributed by atoms with Gasteiger partial charge < -0.3 is 20.5 Å². The second kappa shape index (κ2) is 7.93. The van der Waals surface area contributed by atoms with Crippen LogP contribution in [-0.2, 0) is 21.4 Å². The first-order chi connectivity index (χ1) is 10.6. The lowest BCUT2D eigenvalue weighted by Gasteiger charge is -2.21. The highest BCUT2D eigenvalue weighted by Crippen LogP contribution is 2.08. The fourth-order valence-corrected chi connectivity index (χ4v) is 2.39. The van der Waals surface area contributed by atoms with Crippen molar-refractivity contribution < 1.29 is 23.1 Å². The van der Waals surface area contributed by atoms with Gasteiger partial charge in [-0.3, -0.25) is 0 Å². The SMILES string of the molecule is CC(C)C[C@H](NC(=O)NCc1ccc(S(N)(=O)=O)cc1)C(=O)[O-]. The molecule has 9 heteroatoms. The molecule has 0 fully saturated rings. The number of nitrogens with two attached hydrogens (primary N) is 1. The molecular formula is C14H20N3O5S-. The Kier molecular flexibility index (Phi) is 6.52. The second-order valence-electron chi connectivity index (χ2n) is 5.52. The summed E-state index contributed by atoms with van der Waals surface area (Å²) in [6.07, 6.45) is 0.263. The van der Waals surface area contributed by atoms with Gasteiger partial charge in [-0.1, -0.05) is 26.0 Å². The van der Waals surface area contributed by atoms with E-state index in [9.17, 15) is 23.1 Å². The Morgan fingerprint density at radius 1 is 1.22 bits per heavy atom. The second-order valence-corrected chi connectivity index (χ2v) is 7.08. The lowest BCUT2D eigenvalue weighted by Crippen LogP contribution is -2.51. The van der Waals surface area contributed by atoms with Crippen LogP contribution in [0.2, 0.25) is 0 Å². The first-order valence-electron chi connectivity index (χ1n) is 6.96. The maximum atomic E-state index is 11.7. The van der Waals surface area contributed by atoms with Crippen LogP contribution in [0.15, 0.2) is 29.2 Å². The van der Waals surface area contributed by atoms with Gasteiger partial charge in [-0.05, 0) is 30.0 Å². The van der Waals surface area contributed by atoms with Crippen LogP contribution in [0.4, 0.5) is 4.79 Å². The largest absolute Gasteiger partial charge is 0.548 e. The average molecular weight is 342 g/mol. The summed E-state index contributed by atoms with van der Waals surface area (Å²) in [7, 11) is -3.76. The van der Waals surface area contributed by atoms with E-state index in [4.69, 9.17) is 5.14 Å². The molecule has 23 heavy (non-hydrogen) atoms. The molecule has 0 bridgehead atoms. The number of urea groups is 1. The van der Waals surface area contributed by atoms with Crippen molar-refractivity contribution in [2.75, 3.05) is 0 Å². The summed E-state index contributed by atoms with van der Waals surface area (Å²) in [5.41, 5.74) is 0.640. The highest BCUT2D eigenvalue weighted by molar-refractivity contribution is 7.89. The van der Waals surface area contributed by atoms with E-state index in [0.29, 0.717) is 5.56 Å². The highest BCUT2D eigenvalue weighted by atomic mass is 32.2. The van der Waals surface area contributed by atoms with Gasteiger partial charge in [0.25, 0.3) is 0 Å². The van der Waals surface area contributed by atoms with Gasteiger partial charge in [0, 0.05) is 6.54 Å². The van der Waals surface area contributed by atoms with Crippen LogP contribution in [0.5, 0.6) is 0 Å². The molecule has 8 nitrogen and oxygen atoms in total. The lowest BCUT2D eigenvalue weighted by atomic mass is 10.0. The molecule has 2 amide bonds. The molecule has 0 unspecified atom stereocenters. The van der Waals surface area contributed by atoms with Crippen LogP contribution in [0, 0.1) is 5.92 Å². The molecule has 0 aliphatic rings. The summed E-state index contributed by atoms with van der Waals surface area (Å²) in [5.74, 6) is -1.25. The Hall–Kier alpha value is -2.13. The molecule has 0 aliphatic carbocycles. The van der Waals surface area contributed by atoms with Gasteiger partial charge in [-0.25, -0.2) is 18.4 Å². The predicted octanol–water partition coefficient (Wildman–Crippen LogP) is -0.702. The summed E-state index contributed by atoms with van der Waals surface area (Å²) in [5, 5.41) is 20.8. The van der Waals surface area contributed by atoms with E-state index in [-0.39, 0.29) is 23.8 Å². The fraction of sp³-hybridized carbons (Fsp3) is 0.429. The summed E-state index contributed by atoms with van der Waals surface area (Å²) in [4.78, 5) is 22.6. The van der Waals surface area contributed by atoms with Crippen LogP contribution < -0.4 is 20.9 Å². The summed E-state index contributed by atoms with van der Waals surface area (Å²) in [6, 6.07) is 3.95. The van der Waals surface area contributed by atoms with E-state index in [0.717, 1.165) is 0 Å². The molecule has 128 valence electrons. The Bertz CT molecular complexity index is 655. The number of primary sulfonamides is 1. The van der Waals surface area contributed by atoms with Gasteiger partial charge in [-0.15, -0.1) is 0 Å². The van der Waals surface area contributed by atoms with E-state index in [1.54, 1.807) is 0 Å². The zero-order valence-corrected chi connectivity index (χ0v) is 13.7. The molecule has 1 aromatic rings. The quantitative estimate of drug-likeness (QED) is 0.600. The molecule has 0 saturated carbocycles. The van der Waals surface area contributed by atoms with Crippen LogP contribution in [0.1, 0.15) is 25.8 Å². The van der Waals surface area contributed by atoms with Gasteiger partial charge in [0.1, 0.15) is 0 Å². The Labute approximate surface area is 135 Å². The maximum absolute atomic E-state index is 11.7. The summed E-state index contributed by atoms with van der Waals surface area (Å²) >= 11 is 0. The van der Waals surface area contributed by atoms with Gasteiger partial charge in [0.15, 0.2) is 0 Å². The van der Waals surface area contributed by atoms with Crippen LogP contribution >= 0.6 is 0 Å². The number of carboxylic acid groups (broad SMARTS) is 1. The number of hydrogen-bond acceptors (Lipinski definition) is 5. The number of carboxylic acids is 1. The number of carbonyl (C=O) groups is 2. The van der Waals surface area contributed by atoms with Gasteiger partial charge >= 0.3 is 6.03 Å². The zero-order chi connectivity index (χ0) is 17.6. The van der Waals surface area contributed by atoms with Crippen LogP contribution in [0.25, 0.3) is 0 Å². The van der Waals surface area contributed by atoms with E-state index in [1.165, 1.54) is 24.3 Å². The van der Waals surface area contributed by atoms with Gasteiger partial charge in [0.2, 0.25) is 10.0 Å². The molecule has 0 spiro atoms. The van der Waals surface area contributed by atoms with Crippen molar-refractivity contribution in [2.24, 2.45) is 11.1 Å². The number of benzene rings is 1. The third-order valence-electron chi connectivity index (χ3n) is 3.00. The fourth-order valence-electron chi connectivity index (χ4n) is 1.87. The molecule has 1 aromatic carbocycles. The monoisotopic (exact) mass is 342 g/mol. The standard InChI is InChI=1S/C14H21N3O5S/c1-9(2)7-12(13(18)19)17-14(20)16-8-10-3-5-11(6-4-10)23(15,21)22/h3-6,9,12H,7-8H2,1-2H3,(H,18,19)(H2,15,21,22)(H2,16,17,20)/p-1/t12-/m0/s1. The first-order valence-corrected chi connectivity index (χ1v) is 8.51. The third-order valence-corrected chi connectivity index (χ3v) is 3.93. The minimum atomic E-state index is -3.76. The molecular weight excluding hydrogens is 322 g/mol. The number of rotatable bonds is 7. The van der Waals surface area contributed by atoms with Crippen LogP contribution in [-0.4, -0.2) is 26.5 Å². The number of sulfonamides is 1. The number of amides is 2. The zero-order valence-electron chi connectivity index (χ0n) is 12.9. The van der Waals surface area contributed by atoms with E-state index < -0.39 is 28.1 Å². The van der Waals surface area contributed by atoms with Crippen molar-refractivity contribution >= 4 is 22.0 Å². The number of hydrogen-bond donors (Lipinski definition) is 3. The normalized spacial score (nSPS) is 12.7. The van der Waals surface area contributed by atoms with Gasteiger partial charge in [0.05, 0.1) is 16.9 Å². The molecule has 0 saturated heterocycles. The summed E-state index contributed by atoms with van der Waals surface area (Å²) in [6.45, 7) is 3.78. The lowest BCUT2D eigenvalue weighted by molar-refractivity contribution is -0.308. The highest BCUT2D eigenvalue weighted by Gasteiger charge is 2.15. The van der Waals surface area contributed by atoms with E-state index in [1.807, 2.05) is 13.8 Å². The molecule has 1 rings (SSSR count). The van der Waals surface area contributed by atoms with Crippen molar-refractivity contribution in [3.8, 4) is 0 Å². The maximum Gasteiger partial charge on any atom is 0.315 e. The Morgan fingerprint density at radius 3 is 2.22 bits per heavy atom. The Morgan fingerprint density at radius 2 is 1.78 bits per heavy atom. The number of aliphatic carboxylic acids is 1. The van der Waals surface area contributed by atoms with Crippen molar-refractivity contribution in [1.29, 1.82) is 0 Å². The number of carbonyl (C=O) groups excluding carboxylic acids is 2. The molecule has 0 radical (unpaired) electrons. The molecule has 0 aliphatic heterocycles. The topological polar surface area (TPSA) is 141 Å². The molecule has 0 heterocycles. The van der Waals surface area contributed by atoms with E-state index >= 15 is 0 Å². The summed E-state index contributed by atoms with van der Waals surface area (Å²) < 4.78 is 22.2. The molecule has 4 N–H and O–H groups in total. The van der Waals surface area contributed by atoms with Crippen molar-refractivity contribution in [2.45, 2.75) is 37.8 Å².